The fourth-order valence-electron chi connectivity index (χ4n) is 1.81. The number of nitrogens with one attached hydrogen (secondary N) is 2. The molecule has 2 aromatic rings. The lowest BCUT2D eigenvalue weighted by atomic mass is 10.2. The number of rotatable bonds is 6. The van der Waals surface area contributed by atoms with Crippen molar-refractivity contribution in [2.45, 2.75) is 0 Å². The van der Waals surface area contributed by atoms with Crippen LogP contribution in [0.2, 0.25) is 0 Å². The molecule has 1 aromatic carbocycles. The molecule has 7 heteroatoms. The average molecular weight is 338 g/mol. The van der Waals surface area contributed by atoms with Crippen LogP contribution in [0.1, 0.15) is 5.69 Å². The molecule has 1 aromatic heterocycles. The molecule has 126 valence electrons. The van der Waals surface area contributed by atoms with Gasteiger partial charge in [0.05, 0.1) is 18.4 Å². The minimum Gasteiger partial charge on any atom is -0.464 e. The van der Waals surface area contributed by atoms with Crippen LogP contribution in [0, 0.1) is 17.1 Å². The van der Waals surface area contributed by atoms with Crippen LogP contribution in [-0.2, 0) is 9.53 Å². The summed E-state index contributed by atoms with van der Waals surface area (Å²) in [7, 11) is 1.24. The molecule has 2 N–H and O–H groups in total. The van der Waals surface area contributed by atoms with E-state index in [1.807, 2.05) is 6.07 Å². The van der Waals surface area contributed by atoms with E-state index in [-0.39, 0.29) is 17.1 Å². The number of halogens is 1. The van der Waals surface area contributed by atoms with Gasteiger partial charge in [-0.25, -0.2) is 9.18 Å². The number of carbonyl (C=O) groups is 1. The zero-order valence-electron chi connectivity index (χ0n) is 13.4. The Kier molecular flexibility index (Phi) is 6.25. The molecular weight excluding hydrogens is 323 g/mol. The van der Waals surface area contributed by atoms with Crippen LogP contribution in [0.3, 0.4) is 0 Å². The Hall–Kier alpha value is -3.66. The predicted molar refractivity (Wildman–Crippen MR) is 91.1 cm³/mol. The number of pyridine rings is 1. The molecule has 0 unspecified atom stereocenters. The van der Waals surface area contributed by atoms with E-state index in [4.69, 9.17) is 4.74 Å². The van der Waals surface area contributed by atoms with Gasteiger partial charge in [0.25, 0.3) is 0 Å². The van der Waals surface area contributed by atoms with Gasteiger partial charge in [-0.3, -0.25) is 4.98 Å². The number of nitrogens with zero attached hydrogens (tertiary/aromatic N) is 2. The van der Waals surface area contributed by atoms with Crippen molar-refractivity contribution in [1.29, 1.82) is 5.26 Å². The number of benzene rings is 1. The van der Waals surface area contributed by atoms with Crippen LogP contribution in [0.25, 0.3) is 5.57 Å². The maximum absolute atomic E-state index is 12.9. The van der Waals surface area contributed by atoms with Crippen molar-refractivity contribution in [3.05, 3.63) is 78.3 Å². The van der Waals surface area contributed by atoms with Gasteiger partial charge >= 0.3 is 5.97 Å². The van der Waals surface area contributed by atoms with Gasteiger partial charge in [-0.1, -0.05) is 6.07 Å². The van der Waals surface area contributed by atoms with Crippen molar-refractivity contribution in [3.63, 3.8) is 0 Å². The summed E-state index contributed by atoms with van der Waals surface area (Å²) in [6.45, 7) is 0. The van der Waals surface area contributed by atoms with E-state index < -0.39 is 5.97 Å². The molecule has 6 nitrogen and oxygen atoms in total. The first-order chi connectivity index (χ1) is 12.1. The van der Waals surface area contributed by atoms with Gasteiger partial charge in [-0.2, -0.15) is 5.26 Å². The highest BCUT2D eigenvalue weighted by Crippen LogP contribution is 2.11. The molecule has 0 aliphatic rings. The maximum atomic E-state index is 12.9. The molecule has 0 amide bonds. The van der Waals surface area contributed by atoms with E-state index in [0.717, 1.165) is 0 Å². The lowest BCUT2D eigenvalue weighted by Crippen LogP contribution is -2.18. The highest BCUT2D eigenvalue weighted by atomic mass is 19.1. The Morgan fingerprint density at radius 3 is 2.60 bits per heavy atom. The van der Waals surface area contributed by atoms with E-state index in [1.54, 1.807) is 24.4 Å². The number of anilines is 1. The molecule has 0 radical (unpaired) electrons. The summed E-state index contributed by atoms with van der Waals surface area (Å²) in [5.41, 5.74) is 1.36. The Labute approximate surface area is 144 Å². The number of hydrogen-bond donors (Lipinski definition) is 2. The molecule has 0 saturated heterocycles. The van der Waals surface area contributed by atoms with Crippen molar-refractivity contribution in [3.8, 4) is 6.07 Å². The first-order valence-corrected chi connectivity index (χ1v) is 7.23. The Morgan fingerprint density at radius 1 is 1.24 bits per heavy atom. The number of aromatic nitrogens is 1. The average Bonchev–Trinajstić information content (AvgIpc) is 2.66. The van der Waals surface area contributed by atoms with Crippen LogP contribution in [0.4, 0.5) is 10.1 Å². The van der Waals surface area contributed by atoms with Gasteiger partial charge in [0.1, 0.15) is 17.6 Å². The lowest BCUT2D eigenvalue weighted by Gasteiger charge is -2.07. The number of ether oxygens (including phenoxy) is 1. The van der Waals surface area contributed by atoms with E-state index >= 15 is 0 Å². The zero-order chi connectivity index (χ0) is 18.1. The first-order valence-electron chi connectivity index (χ1n) is 7.23. The van der Waals surface area contributed by atoms with Crippen LogP contribution < -0.4 is 10.6 Å². The zero-order valence-corrected chi connectivity index (χ0v) is 13.4. The summed E-state index contributed by atoms with van der Waals surface area (Å²) in [5, 5.41) is 14.8. The van der Waals surface area contributed by atoms with E-state index in [0.29, 0.717) is 11.4 Å². The molecule has 0 aliphatic heterocycles. The summed E-state index contributed by atoms with van der Waals surface area (Å²) < 4.78 is 17.6. The minimum atomic E-state index is -0.635. The van der Waals surface area contributed by atoms with E-state index in [2.05, 4.69) is 15.6 Å². The minimum absolute atomic E-state index is 0.0653. The molecule has 0 fully saturated rings. The van der Waals surface area contributed by atoms with Gasteiger partial charge < -0.3 is 15.4 Å². The van der Waals surface area contributed by atoms with Crippen molar-refractivity contribution in [2.75, 3.05) is 12.4 Å². The summed E-state index contributed by atoms with van der Waals surface area (Å²) in [6.07, 6.45) is 4.29. The molecular formula is C18H15FN4O2. The molecule has 0 bridgehead atoms. The van der Waals surface area contributed by atoms with Gasteiger partial charge in [0.2, 0.25) is 0 Å². The molecule has 2 rings (SSSR count). The largest absolute Gasteiger partial charge is 0.464 e. The van der Waals surface area contributed by atoms with Crippen LogP contribution >= 0.6 is 0 Å². The third kappa shape index (κ3) is 5.18. The smallest absolute Gasteiger partial charge is 0.355 e. The summed E-state index contributed by atoms with van der Waals surface area (Å²) >= 11 is 0. The van der Waals surface area contributed by atoms with Crippen molar-refractivity contribution in [2.24, 2.45) is 0 Å². The van der Waals surface area contributed by atoms with Gasteiger partial charge in [-0.05, 0) is 36.4 Å². The second-order valence-corrected chi connectivity index (χ2v) is 4.73. The van der Waals surface area contributed by atoms with Gasteiger partial charge in [0, 0.05) is 24.3 Å². The fraction of sp³-hybridized carbons (Fsp3) is 0.0556. The second kappa shape index (κ2) is 8.84. The molecule has 0 atom stereocenters. The van der Waals surface area contributed by atoms with Crippen LogP contribution in [-0.4, -0.2) is 18.1 Å². The molecule has 0 aliphatic carbocycles. The number of hydrogen-bond acceptors (Lipinski definition) is 6. The lowest BCUT2D eigenvalue weighted by molar-refractivity contribution is -0.136. The molecule has 1 heterocycles. The molecule has 25 heavy (non-hydrogen) atoms. The van der Waals surface area contributed by atoms with Crippen molar-refractivity contribution < 1.29 is 13.9 Å². The number of nitriles is 1. The standard InChI is InChI=1S/C18H15FN4O2/c1-25-18(24)17(12-22-15-7-5-14(19)6-8-15)23-11-13(10-20)16-4-2-3-9-21-16/h2-9,11-12,22-23H,1H3/b13-11-,17-12-. The Bertz CT molecular complexity index is 824. The highest BCUT2D eigenvalue weighted by molar-refractivity contribution is 5.89. The fourth-order valence-corrected chi connectivity index (χ4v) is 1.81. The first kappa shape index (κ1) is 17.7. The highest BCUT2D eigenvalue weighted by Gasteiger charge is 2.09. The number of esters is 1. The second-order valence-electron chi connectivity index (χ2n) is 4.73. The normalized spacial score (nSPS) is 11.4. The van der Waals surface area contributed by atoms with Gasteiger partial charge in [0.15, 0.2) is 0 Å². The summed E-state index contributed by atoms with van der Waals surface area (Å²) in [5.74, 6) is -0.998. The monoisotopic (exact) mass is 338 g/mol. The molecule has 0 spiro atoms. The number of carbonyl (C=O) groups excluding carboxylic acids is 1. The van der Waals surface area contributed by atoms with E-state index in [1.165, 1.54) is 43.8 Å². The van der Waals surface area contributed by atoms with E-state index in [9.17, 15) is 14.4 Å². The third-order valence-corrected chi connectivity index (χ3v) is 3.07. The van der Waals surface area contributed by atoms with Crippen LogP contribution in [0.5, 0.6) is 0 Å². The van der Waals surface area contributed by atoms with Crippen molar-refractivity contribution in [1.82, 2.24) is 10.3 Å². The summed E-state index contributed by atoms with van der Waals surface area (Å²) in [6, 6.07) is 12.8. The van der Waals surface area contributed by atoms with Gasteiger partial charge in [-0.15, -0.1) is 0 Å². The third-order valence-electron chi connectivity index (χ3n) is 3.07. The predicted octanol–water partition coefficient (Wildman–Crippen LogP) is 2.80. The SMILES string of the molecule is COC(=O)/C(=C/Nc1ccc(F)cc1)N/C=C(/C#N)c1ccccn1. The Morgan fingerprint density at radius 2 is 2.00 bits per heavy atom. The number of allylic oxidation sites excluding steroid dienone is 1. The van der Waals surface area contributed by atoms with Crippen LogP contribution in [0.15, 0.2) is 66.8 Å². The molecule has 0 saturated carbocycles. The maximum Gasteiger partial charge on any atom is 0.355 e. The van der Waals surface area contributed by atoms with Crippen molar-refractivity contribution >= 4 is 17.2 Å². The topological polar surface area (TPSA) is 87.0 Å². The quantitative estimate of drug-likeness (QED) is 0.478. The Balaban J connectivity index is 2.18. The summed E-state index contributed by atoms with van der Waals surface area (Å²) in [4.78, 5) is 15.9. The number of methoxy groups -OCH3 is 1.